The van der Waals surface area contributed by atoms with Crippen LogP contribution in [0.15, 0.2) is 0 Å². The Balaban J connectivity index is 3.71. The molecule has 0 aromatic carbocycles. The molecule has 0 aliphatic carbocycles. The molecule has 1 atom stereocenters. The summed E-state index contributed by atoms with van der Waals surface area (Å²) in [4.78, 5) is 10.7. The van der Waals surface area contributed by atoms with E-state index in [2.05, 4.69) is 4.74 Å². The molecule has 0 amide bonds. The van der Waals surface area contributed by atoms with Crippen molar-refractivity contribution in [2.75, 3.05) is 6.61 Å². The van der Waals surface area contributed by atoms with Gasteiger partial charge < -0.3 is 9.84 Å². The van der Waals surface area contributed by atoms with E-state index < -0.39 is 12.1 Å². The highest BCUT2D eigenvalue weighted by Gasteiger charge is 2.19. The lowest BCUT2D eigenvalue weighted by molar-refractivity contribution is -0.155. The van der Waals surface area contributed by atoms with Gasteiger partial charge in [0.1, 0.15) is 0 Å². The molecule has 0 rings (SSSR count). The Labute approximate surface area is 61.0 Å². The van der Waals surface area contributed by atoms with Crippen molar-refractivity contribution in [3.8, 4) is 0 Å². The molecule has 0 aliphatic heterocycles. The van der Waals surface area contributed by atoms with Crippen LogP contribution in [0.2, 0.25) is 0 Å². The average molecular weight is 146 g/mol. The van der Waals surface area contributed by atoms with Gasteiger partial charge in [0.15, 0.2) is 6.10 Å². The quantitative estimate of drug-likeness (QED) is 0.592. The van der Waals surface area contributed by atoms with Crippen LogP contribution in [0, 0.1) is 5.92 Å². The van der Waals surface area contributed by atoms with Gasteiger partial charge in [-0.25, -0.2) is 4.79 Å². The summed E-state index contributed by atoms with van der Waals surface area (Å²) in [5.74, 6) is -0.600. The number of hydrogen-bond acceptors (Lipinski definition) is 3. The van der Waals surface area contributed by atoms with Crippen LogP contribution in [-0.2, 0) is 9.53 Å². The Morgan fingerprint density at radius 2 is 2.10 bits per heavy atom. The maximum atomic E-state index is 10.7. The lowest BCUT2D eigenvalue weighted by Crippen LogP contribution is -2.27. The van der Waals surface area contributed by atoms with Crippen molar-refractivity contribution in [3.63, 3.8) is 0 Å². The number of aliphatic hydroxyl groups is 1. The maximum Gasteiger partial charge on any atom is 0.335 e. The second-order valence-electron chi connectivity index (χ2n) is 2.44. The van der Waals surface area contributed by atoms with Crippen molar-refractivity contribution in [2.24, 2.45) is 5.92 Å². The zero-order valence-electron chi connectivity index (χ0n) is 6.63. The molecule has 0 spiro atoms. The van der Waals surface area contributed by atoms with Gasteiger partial charge in [0.2, 0.25) is 0 Å². The van der Waals surface area contributed by atoms with Gasteiger partial charge >= 0.3 is 5.97 Å². The zero-order valence-corrected chi connectivity index (χ0v) is 6.63. The van der Waals surface area contributed by atoms with E-state index in [4.69, 9.17) is 5.11 Å². The Morgan fingerprint density at radius 3 is 2.40 bits per heavy atom. The minimum Gasteiger partial charge on any atom is -0.464 e. The molecule has 3 heteroatoms. The first-order valence-corrected chi connectivity index (χ1v) is 3.44. The van der Waals surface area contributed by atoms with Crippen LogP contribution in [-0.4, -0.2) is 23.8 Å². The predicted molar refractivity (Wildman–Crippen MR) is 37.5 cm³/mol. The van der Waals surface area contributed by atoms with Gasteiger partial charge in [-0.3, -0.25) is 0 Å². The molecular formula is C7H14O3. The van der Waals surface area contributed by atoms with Crippen LogP contribution in [0.4, 0.5) is 0 Å². The number of rotatable bonds is 3. The van der Waals surface area contributed by atoms with Crippen LogP contribution >= 0.6 is 0 Å². The highest BCUT2D eigenvalue weighted by molar-refractivity contribution is 5.74. The smallest absolute Gasteiger partial charge is 0.335 e. The third-order valence-electron chi connectivity index (χ3n) is 1.16. The minimum absolute atomic E-state index is 0.0703. The Hall–Kier alpha value is -0.570. The standard InChI is InChI=1S/C7H14O3/c1-4-10-7(9)6(8)5(2)3/h5-6,8H,4H2,1-3H3. The normalized spacial score (nSPS) is 13.3. The molecule has 60 valence electrons. The van der Waals surface area contributed by atoms with Gasteiger partial charge in [0, 0.05) is 0 Å². The third kappa shape index (κ3) is 2.82. The summed E-state index contributed by atoms with van der Waals surface area (Å²) < 4.78 is 4.58. The minimum atomic E-state index is -0.972. The first-order chi connectivity index (χ1) is 4.59. The maximum absolute atomic E-state index is 10.7. The van der Waals surface area contributed by atoms with Crippen LogP contribution in [0.25, 0.3) is 0 Å². The van der Waals surface area contributed by atoms with Crippen molar-refractivity contribution in [2.45, 2.75) is 26.9 Å². The molecule has 0 radical (unpaired) electrons. The van der Waals surface area contributed by atoms with Crippen molar-refractivity contribution in [3.05, 3.63) is 0 Å². The van der Waals surface area contributed by atoms with Crippen LogP contribution in [0.5, 0.6) is 0 Å². The first kappa shape index (κ1) is 9.43. The lowest BCUT2D eigenvalue weighted by atomic mass is 10.1. The Morgan fingerprint density at radius 1 is 1.60 bits per heavy atom. The fourth-order valence-electron chi connectivity index (χ4n) is 0.500. The van der Waals surface area contributed by atoms with E-state index in [9.17, 15) is 4.79 Å². The summed E-state index contributed by atoms with van der Waals surface area (Å²) >= 11 is 0. The second-order valence-corrected chi connectivity index (χ2v) is 2.44. The zero-order chi connectivity index (χ0) is 8.15. The van der Waals surface area contributed by atoms with Gasteiger partial charge in [-0.15, -0.1) is 0 Å². The topological polar surface area (TPSA) is 46.5 Å². The number of aliphatic hydroxyl groups excluding tert-OH is 1. The molecule has 0 bridgehead atoms. The Kier molecular flexibility index (Phi) is 4.03. The van der Waals surface area contributed by atoms with E-state index in [0.29, 0.717) is 6.61 Å². The largest absolute Gasteiger partial charge is 0.464 e. The lowest BCUT2D eigenvalue weighted by Gasteiger charge is -2.11. The van der Waals surface area contributed by atoms with E-state index in [1.54, 1.807) is 20.8 Å². The molecule has 1 unspecified atom stereocenters. The number of carbonyl (C=O) groups excluding carboxylic acids is 1. The van der Waals surface area contributed by atoms with E-state index >= 15 is 0 Å². The molecule has 10 heavy (non-hydrogen) atoms. The van der Waals surface area contributed by atoms with Gasteiger partial charge in [-0.1, -0.05) is 13.8 Å². The van der Waals surface area contributed by atoms with E-state index in [1.165, 1.54) is 0 Å². The van der Waals surface area contributed by atoms with E-state index in [0.717, 1.165) is 0 Å². The molecule has 1 N–H and O–H groups in total. The summed E-state index contributed by atoms with van der Waals surface area (Å²) in [6.45, 7) is 5.57. The molecule has 0 aromatic rings. The van der Waals surface area contributed by atoms with Gasteiger partial charge in [0.05, 0.1) is 6.61 Å². The fraction of sp³-hybridized carbons (Fsp3) is 0.857. The molecule has 0 saturated carbocycles. The third-order valence-corrected chi connectivity index (χ3v) is 1.16. The predicted octanol–water partition coefficient (Wildman–Crippen LogP) is 0.566. The molecule has 0 aliphatic rings. The second kappa shape index (κ2) is 4.28. The fourth-order valence-corrected chi connectivity index (χ4v) is 0.500. The van der Waals surface area contributed by atoms with Crippen molar-refractivity contribution >= 4 is 5.97 Å². The van der Waals surface area contributed by atoms with Gasteiger partial charge in [0.25, 0.3) is 0 Å². The SMILES string of the molecule is CCOC(=O)C(O)C(C)C. The molecule has 3 nitrogen and oxygen atoms in total. The summed E-state index contributed by atoms with van der Waals surface area (Å²) in [7, 11) is 0. The van der Waals surface area contributed by atoms with Crippen LogP contribution in [0.3, 0.4) is 0 Å². The van der Waals surface area contributed by atoms with Crippen LogP contribution in [0.1, 0.15) is 20.8 Å². The summed E-state index contributed by atoms with van der Waals surface area (Å²) in [5, 5.41) is 9.05. The molecule has 0 fully saturated rings. The summed E-state index contributed by atoms with van der Waals surface area (Å²) in [6, 6.07) is 0. The number of esters is 1. The number of hydrogen-bond donors (Lipinski definition) is 1. The summed E-state index contributed by atoms with van der Waals surface area (Å²) in [5.41, 5.74) is 0. The highest BCUT2D eigenvalue weighted by Crippen LogP contribution is 2.02. The van der Waals surface area contributed by atoms with Gasteiger partial charge in [-0.2, -0.15) is 0 Å². The van der Waals surface area contributed by atoms with E-state index in [-0.39, 0.29) is 5.92 Å². The molecule has 0 aromatic heterocycles. The Bertz CT molecular complexity index is 109. The number of carbonyl (C=O) groups is 1. The van der Waals surface area contributed by atoms with Crippen molar-refractivity contribution in [1.82, 2.24) is 0 Å². The van der Waals surface area contributed by atoms with Crippen LogP contribution < -0.4 is 0 Å². The monoisotopic (exact) mass is 146 g/mol. The highest BCUT2D eigenvalue weighted by atomic mass is 16.5. The first-order valence-electron chi connectivity index (χ1n) is 3.44. The van der Waals surface area contributed by atoms with E-state index in [1.807, 2.05) is 0 Å². The average Bonchev–Trinajstić information content (AvgIpc) is 1.87. The number of ether oxygens (including phenoxy) is 1. The molecule has 0 saturated heterocycles. The molecular weight excluding hydrogens is 132 g/mol. The van der Waals surface area contributed by atoms with Crippen molar-refractivity contribution < 1.29 is 14.6 Å². The molecule has 0 heterocycles. The van der Waals surface area contributed by atoms with Crippen molar-refractivity contribution in [1.29, 1.82) is 0 Å². The van der Waals surface area contributed by atoms with Gasteiger partial charge in [-0.05, 0) is 12.8 Å². The summed E-state index contributed by atoms with van der Waals surface area (Å²) in [6.07, 6.45) is -0.972.